The first-order valence-electron chi connectivity index (χ1n) is 5.30. The van der Waals surface area contributed by atoms with Crippen LogP contribution in [0.1, 0.15) is 17.3 Å². The Morgan fingerprint density at radius 1 is 1.37 bits per heavy atom. The highest BCUT2D eigenvalue weighted by Crippen LogP contribution is 2.22. The van der Waals surface area contributed by atoms with Crippen LogP contribution in [0.25, 0.3) is 0 Å². The molecule has 2 aromatic rings. The molecule has 0 bridgehead atoms. The van der Waals surface area contributed by atoms with Gasteiger partial charge < -0.3 is 4.52 Å². The number of aryl methyl sites for hydroxylation is 1. The maximum atomic E-state index is 13.5. The number of nitrogens with zero attached hydrogens (tertiary/aromatic N) is 2. The Morgan fingerprint density at radius 2 is 2.11 bits per heavy atom. The Labute approximate surface area is 114 Å². The van der Waals surface area contributed by atoms with Crippen LogP contribution in [0.15, 0.2) is 22.7 Å². The van der Waals surface area contributed by atoms with E-state index in [1.54, 1.807) is 6.92 Å². The lowest BCUT2D eigenvalue weighted by molar-refractivity contribution is 0.384. The van der Waals surface area contributed by atoms with Gasteiger partial charge in [-0.25, -0.2) is 12.8 Å². The zero-order chi connectivity index (χ0) is 14.0. The number of hydrogen-bond acceptors (Lipinski definition) is 5. The quantitative estimate of drug-likeness (QED) is 0.866. The lowest BCUT2D eigenvalue weighted by Crippen LogP contribution is -2.09. The largest absolute Gasteiger partial charge is 0.338 e. The lowest BCUT2D eigenvalue weighted by Gasteiger charge is -2.05. The molecular formula is C11H10ClFN2O3S. The van der Waals surface area contributed by atoms with Crippen LogP contribution in [0, 0.1) is 12.7 Å². The van der Waals surface area contributed by atoms with E-state index in [0.29, 0.717) is 5.82 Å². The van der Waals surface area contributed by atoms with Crippen molar-refractivity contribution in [2.45, 2.75) is 18.4 Å². The van der Waals surface area contributed by atoms with E-state index in [2.05, 4.69) is 10.1 Å². The molecule has 0 aliphatic heterocycles. The summed E-state index contributed by atoms with van der Waals surface area (Å²) in [6.07, 6.45) is 0. The summed E-state index contributed by atoms with van der Waals surface area (Å²) >= 11 is 5.79. The Morgan fingerprint density at radius 3 is 2.68 bits per heavy atom. The Balaban J connectivity index is 2.22. The molecule has 102 valence electrons. The van der Waals surface area contributed by atoms with E-state index in [1.807, 2.05) is 0 Å². The third kappa shape index (κ3) is 3.51. The first-order valence-corrected chi connectivity index (χ1v) is 7.50. The molecule has 19 heavy (non-hydrogen) atoms. The number of benzene rings is 1. The second-order valence-electron chi connectivity index (χ2n) is 3.97. The summed E-state index contributed by atoms with van der Waals surface area (Å²) in [5, 5.41) is 3.57. The highest BCUT2D eigenvalue weighted by atomic mass is 35.5. The van der Waals surface area contributed by atoms with Crippen LogP contribution in [0.5, 0.6) is 0 Å². The SMILES string of the molecule is Cc1noc(CS(=O)(=O)Cc2c(F)cccc2Cl)n1. The van der Waals surface area contributed by atoms with E-state index in [1.165, 1.54) is 12.1 Å². The van der Waals surface area contributed by atoms with Crippen LogP contribution in [0.3, 0.4) is 0 Å². The molecule has 0 saturated carbocycles. The number of aromatic nitrogens is 2. The molecule has 0 atom stereocenters. The van der Waals surface area contributed by atoms with Crippen molar-refractivity contribution in [3.63, 3.8) is 0 Å². The summed E-state index contributed by atoms with van der Waals surface area (Å²) in [6.45, 7) is 1.58. The van der Waals surface area contributed by atoms with Crippen molar-refractivity contribution in [2.75, 3.05) is 0 Å². The molecule has 0 fully saturated rings. The molecule has 0 saturated heterocycles. The molecule has 0 N–H and O–H groups in total. The smallest absolute Gasteiger partial charge is 0.241 e. The predicted octanol–water partition coefficient (Wildman–Crippen LogP) is 2.29. The maximum absolute atomic E-state index is 13.5. The third-order valence-corrected chi connectivity index (χ3v) is 4.11. The highest BCUT2D eigenvalue weighted by molar-refractivity contribution is 7.89. The summed E-state index contributed by atoms with van der Waals surface area (Å²) in [7, 11) is -3.64. The van der Waals surface area contributed by atoms with Crippen LogP contribution in [-0.2, 0) is 21.3 Å². The number of halogens is 2. The summed E-state index contributed by atoms with van der Waals surface area (Å²) in [5.41, 5.74) is -0.0552. The fourth-order valence-electron chi connectivity index (χ4n) is 1.53. The van der Waals surface area contributed by atoms with Crippen LogP contribution >= 0.6 is 11.6 Å². The summed E-state index contributed by atoms with van der Waals surface area (Å²) in [4.78, 5) is 3.80. The van der Waals surface area contributed by atoms with Crippen molar-refractivity contribution < 1.29 is 17.3 Å². The van der Waals surface area contributed by atoms with Gasteiger partial charge in [0.25, 0.3) is 0 Å². The predicted molar refractivity (Wildman–Crippen MR) is 66.8 cm³/mol. The minimum Gasteiger partial charge on any atom is -0.338 e. The van der Waals surface area contributed by atoms with Gasteiger partial charge in [-0.05, 0) is 19.1 Å². The van der Waals surface area contributed by atoms with Gasteiger partial charge in [-0.2, -0.15) is 4.98 Å². The lowest BCUT2D eigenvalue weighted by atomic mass is 10.2. The average molecular weight is 305 g/mol. The number of sulfone groups is 1. The zero-order valence-corrected chi connectivity index (χ0v) is 11.5. The molecule has 1 aromatic carbocycles. The van der Waals surface area contributed by atoms with Gasteiger partial charge in [0.2, 0.25) is 5.89 Å². The van der Waals surface area contributed by atoms with Gasteiger partial charge in [0.1, 0.15) is 11.6 Å². The second-order valence-corrected chi connectivity index (χ2v) is 6.44. The molecule has 0 amide bonds. The van der Waals surface area contributed by atoms with E-state index in [4.69, 9.17) is 16.1 Å². The van der Waals surface area contributed by atoms with E-state index in [0.717, 1.165) is 6.07 Å². The normalized spacial score (nSPS) is 11.7. The van der Waals surface area contributed by atoms with E-state index < -0.39 is 27.2 Å². The first kappa shape index (κ1) is 14.0. The topological polar surface area (TPSA) is 73.1 Å². The van der Waals surface area contributed by atoms with Gasteiger partial charge in [-0.15, -0.1) is 0 Å². The van der Waals surface area contributed by atoms with Crippen molar-refractivity contribution in [3.8, 4) is 0 Å². The van der Waals surface area contributed by atoms with Crippen molar-refractivity contribution in [1.82, 2.24) is 10.1 Å². The molecule has 5 nitrogen and oxygen atoms in total. The van der Waals surface area contributed by atoms with Crippen LogP contribution in [0.4, 0.5) is 4.39 Å². The van der Waals surface area contributed by atoms with Crippen LogP contribution < -0.4 is 0 Å². The summed E-state index contributed by atoms with van der Waals surface area (Å²) < 4.78 is 42.1. The Kier molecular flexibility index (Phi) is 3.86. The van der Waals surface area contributed by atoms with Crippen LogP contribution in [-0.4, -0.2) is 18.6 Å². The van der Waals surface area contributed by atoms with Gasteiger partial charge in [0, 0.05) is 10.6 Å². The molecule has 8 heteroatoms. The first-order chi connectivity index (χ1) is 8.87. The van der Waals surface area contributed by atoms with Gasteiger partial charge in [-0.1, -0.05) is 22.8 Å². The zero-order valence-electron chi connectivity index (χ0n) is 9.93. The van der Waals surface area contributed by atoms with Crippen molar-refractivity contribution in [3.05, 3.63) is 46.3 Å². The van der Waals surface area contributed by atoms with E-state index in [9.17, 15) is 12.8 Å². The number of rotatable bonds is 4. The Bertz CT molecular complexity index is 679. The molecule has 0 radical (unpaired) electrons. The number of hydrogen-bond donors (Lipinski definition) is 0. The summed E-state index contributed by atoms with van der Waals surface area (Å²) in [6, 6.07) is 4.01. The highest BCUT2D eigenvalue weighted by Gasteiger charge is 2.21. The molecule has 0 unspecified atom stereocenters. The minimum atomic E-state index is -3.64. The van der Waals surface area contributed by atoms with Gasteiger partial charge in [-0.3, -0.25) is 0 Å². The monoisotopic (exact) mass is 304 g/mol. The molecule has 1 heterocycles. The minimum absolute atomic E-state index is 0.0232. The van der Waals surface area contributed by atoms with Crippen molar-refractivity contribution in [1.29, 1.82) is 0 Å². The molecule has 0 aliphatic carbocycles. The van der Waals surface area contributed by atoms with Crippen molar-refractivity contribution in [2.24, 2.45) is 0 Å². The van der Waals surface area contributed by atoms with Gasteiger partial charge >= 0.3 is 0 Å². The molecular weight excluding hydrogens is 295 g/mol. The maximum Gasteiger partial charge on any atom is 0.241 e. The standard InChI is InChI=1S/C11H10ClFN2O3S/c1-7-14-11(18-15-7)6-19(16,17)5-8-9(12)3-2-4-10(8)13/h2-4H,5-6H2,1H3. The second kappa shape index (κ2) is 5.26. The average Bonchev–Trinajstić information content (AvgIpc) is 2.69. The molecule has 0 aliphatic rings. The van der Waals surface area contributed by atoms with E-state index >= 15 is 0 Å². The Hall–Kier alpha value is -1.47. The molecule has 1 aromatic heterocycles. The molecule has 0 spiro atoms. The molecule has 2 rings (SSSR count). The van der Waals surface area contributed by atoms with Gasteiger partial charge in [0.05, 0.1) is 5.75 Å². The fourth-order valence-corrected chi connectivity index (χ4v) is 3.17. The third-order valence-electron chi connectivity index (χ3n) is 2.34. The fraction of sp³-hybridized carbons (Fsp3) is 0.273. The van der Waals surface area contributed by atoms with Gasteiger partial charge in [0.15, 0.2) is 15.7 Å². The van der Waals surface area contributed by atoms with E-state index in [-0.39, 0.29) is 16.5 Å². The summed E-state index contributed by atoms with van der Waals surface area (Å²) in [5.74, 6) is -1.30. The van der Waals surface area contributed by atoms with Crippen LogP contribution in [0.2, 0.25) is 5.02 Å². The van der Waals surface area contributed by atoms with Crippen molar-refractivity contribution >= 4 is 21.4 Å².